The van der Waals surface area contributed by atoms with Gasteiger partial charge in [0.05, 0.1) is 11.5 Å². The number of nitrogen functional groups attached to an aromatic ring is 1. The minimum Gasteiger partial charge on any atom is -0.465 e. The summed E-state index contributed by atoms with van der Waals surface area (Å²) in [5, 5.41) is 0. The van der Waals surface area contributed by atoms with E-state index in [1.807, 2.05) is 0 Å². The van der Waals surface area contributed by atoms with Crippen molar-refractivity contribution in [3.05, 3.63) is 23.8 Å². The molecule has 0 saturated heterocycles. The van der Waals surface area contributed by atoms with Crippen molar-refractivity contribution in [2.24, 2.45) is 0 Å². The number of carbonyl (C=O) groups is 1. The molecule has 0 aliphatic heterocycles. The van der Waals surface area contributed by atoms with Crippen molar-refractivity contribution in [1.29, 1.82) is 0 Å². The van der Waals surface area contributed by atoms with Crippen molar-refractivity contribution >= 4 is 21.7 Å². The number of nitrogens with one attached hydrogen (secondary N) is 1. The van der Waals surface area contributed by atoms with Gasteiger partial charge in [0.2, 0.25) is 10.0 Å². The molecule has 1 aromatic carbocycles. The molecule has 3 N–H and O–H groups in total. The van der Waals surface area contributed by atoms with Crippen molar-refractivity contribution in [3.8, 4) is 0 Å². The Morgan fingerprint density at radius 1 is 1.39 bits per heavy atom. The molecule has 0 aromatic heterocycles. The van der Waals surface area contributed by atoms with Crippen molar-refractivity contribution in [3.63, 3.8) is 0 Å². The number of anilines is 1. The topological polar surface area (TPSA) is 98.5 Å². The second-order valence-electron chi connectivity index (χ2n) is 3.71. The van der Waals surface area contributed by atoms with Gasteiger partial charge in [0.25, 0.3) is 0 Å². The molecule has 0 spiro atoms. The van der Waals surface area contributed by atoms with E-state index in [0.717, 1.165) is 5.56 Å². The van der Waals surface area contributed by atoms with Gasteiger partial charge >= 0.3 is 5.97 Å². The predicted octanol–water partition coefficient (Wildman–Crippen LogP) is 0.419. The summed E-state index contributed by atoms with van der Waals surface area (Å²) in [7, 11) is -3.75. The van der Waals surface area contributed by atoms with Crippen LogP contribution in [0.25, 0.3) is 0 Å². The number of carbonyl (C=O) groups excluding carboxylic acids is 1. The Morgan fingerprint density at radius 3 is 2.61 bits per heavy atom. The lowest BCUT2D eigenvalue weighted by Gasteiger charge is -2.08. The van der Waals surface area contributed by atoms with Crippen LogP contribution in [0.1, 0.15) is 12.5 Å². The van der Waals surface area contributed by atoms with E-state index in [1.165, 1.54) is 12.1 Å². The third kappa shape index (κ3) is 4.01. The molecule has 0 aliphatic carbocycles. The highest BCUT2D eigenvalue weighted by Gasteiger charge is 2.16. The van der Waals surface area contributed by atoms with Crippen molar-refractivity contribution in [1.82, 2.24) is 4.72 Å². The molecule has 0 aliphatic rings. The van der Waals surface area contributed by atoms with Crippen LogP contribution in [0.2, 0.25) is 0 Å². The maximum Gasteiger partial charge on any atom is 0.321 e. The molecule has 1 rings (SSSR count). The Morgan fingerprint density at radius 2 is 2.06 bits per heavy atom. The molecule has 0 radical (unpaired) electrons. The molecule has 0 bridgehead atoms. The van der Waals surface area contributed by atoms with Gasteiger partial charge in [0.1, 0.15) is 6.54 Å². The van der Waals surface area contributed by atoms with E-state index in [1.54, 1.807) is 19.9 Å². The third-order valence-electron chi connectivity index (χ3n) is 2.10. The Balaban J connectivity index is 2.83. The maximum atomic E-state index is 11.9. The van der Waals surface area contributed by atoms with Gasteiger partial charge in [0, 0.05) is 5.69 Å². The van der Waals surface area contributed by atoms with Gasteiger partial charge in [-0.3, -0.25) is 4.79 Å². The van der Waals surface area contributed by atoms with Gasteiger partial charge < -0.3 is 10.5 Å². The molecule has 7 heteroatoms. The number of aryl methyl sites for hydroxylation is 1. The summed E-state index contributed by atoms with van der Waals surface area (Å²) in [6.45, 7) is 3.19. The van der Waals surface area contributed by atoms with Gasteiger partial charge in [-0.15, -0.1) is 0 Å². The quantitative estimate of drug-likeness (QED) is 0.598. The summed E-state index contributed by atoms with van der Waals surface area (Å²) in [6, 6.07) is 4.47. The van der Waals surface area contributed by atoms with E-state index in [4.69, 9.17) is 5.73 Å². The summed E-state index contributed by atoms with van der Waals surface area (Å²) >= 11 is 0. The summed E-state index contributed by atoms with van der Waals surface area (Å²) in [5.41, 5.74) is 6.66. The molecule has 0 fully saturated rings. The van der Waals surface area contributed by atoms with Crippen LogP contribution in [0.4, 0.5) is 5.69 Å². The number of ether oxygens (including phenoxy) is 1. The summed E-state index contributed by atoms with van der Waals surface area (Å²) < 4.78 is 30.5. The molecule has 1 aromatic rings. The molecular weight excluding hydrogens is 256 g/mol. The van der Waals surface area contributed by atoms with Crippen LogP contribution in [0, 0.1) is 6.92 Å². The van der Waals surface area contributed by atoms with Crippen molar-refractivity contribution < 1.29 is 17.9 Å². The summed E-state index contributed by atoms with van der Waals surface area (Å²) in [4.78, 5) is 11.1. The first-order valence-electron chi connectivity index (χ1n) is 5.37. The van der Waals surface area contributed by atoms with Crippen LogP contribution < -0.4 is 10.5 Å². The fourth-order valence-corrected chi connectivity index (χ4v) is 2.49. The van der Waals surface area contributed by atoms with Crippen LogP contribution in [-0.4, -0.2) is 27.5 Å². The highest BCUT2D eigenvalue weighted by Crippen LogP contribution is 2.15. The SMILES string of the molecule is CCOC(=O)CNS(=O)(=O)c1cc(C)cc(N)c1. The second kappa shape index (κ2) is 5.83. The highest BCUT2D eigenvalue weighted by molar-refractivity contribution is 7.89. The standard InChI is InChI=1S/C11H16N2O4S/c1-3-17-11(14)7-13-18(15,16)10-5-8(2)4-9(12)6-10/h4-6,13H,3,7,12H2,1-2H3. The summed E-state index contributed by atoms with van der Waals surface area (Å²) in [5.74, 6) is -0.623. The lowest BCUT2D eigenvalue weighted by atomic mass is 10.2. The van der Waals surface area contributed by atoms with E-state index in [2.05, 4.69) is 9.46 Å². The Hall–Kier alpha value is -1.60. The molecule has 0 saturated carbocycles. The molecule has 0 heterocycles. The zero-order valence-electron chi connectivity index (χ0n) is 10.3. The zero-order valence-corrected chi connectivity index (χ0v) is 11.1. The Kier molecular flexibility index (Phi) is 4.69. The van der Waals surface area contributed by atoms with Crippen molar-refractivity contribution in [2.75, 3.05) is 18.9 Å². The van der Waals surface area contributed by atoms with Crippen LogP contribution in [0.15, 0.2) is 23.1 Å². The van der Waals surface area contributed by atoms with E-state index >= 15 is 0 Å². The van der Waals surface area contributed by atoms with E-state index in [9.17, 15) is 13.2 Å². The number of rotatable bonds is 5. The number of esters is 1. The fraction of sp³-hybridized carbons (Fsp3) is 0.364. The zero-order chi connectivity index (χ0) is 13.8. The van der Waals surface area contributed by atoms with Crippen LogP contribution >= 0.6 is 0 Å². The van der Waals surface area contributed by atoms with E-state index in [0.29, 0.717) is 5.69 Å². The van der Waals surface area contributed by atoms with Gasteiger partial charge in [-0.05, 0) is 37.6 Å². The van der Waals surface area contributed by atoms with Crippen LogP contribution in [0.5, 0.6) is 0 Å². The van der Waals surface area contributed by atoms with Crippen molar-refractivity contribution in [2.45, 2.75) is 18.7 Å². The lowest BCUT2D eigenvalue weighted by molar-refractivity contribution is -0.141. The molecule has 0 amide bonds. The Labute approximate surface area is 106 Å². The normalized spacial score (nSPS) is 11.2. The fourth-order valence-electron chi connectivity index (χ4n) is 1.38. The van der Waals surface area contributed by atoms with E-state index < -0.39 is 22.5 Å². The minimum atomic E-state index is -3.75. The molecule has 100 valence electrons. The first kappa shape index (κ1) is 14.5. The first-order valence-corrected chi connectivity index (χ1v) is 6.86. The number of nitrogens with two attached hydrogens (primary N) is 1. The van der Waals surface area contributed by atoms with Gasteiger partial charge in [-0.1, -0.05) is 0 Å². The minimum absolute atomic E-state index is 0.0318. The molecule has 18 heavy (non-hydrogen) atoms. The van der Waals surface area contributed by atoms with Crippen LogP contribution in [-0.2, 0) is 19.6 Å². The largest absolute Gasteiger partial charge is 0.465 e. The number of sulfonamides is 1. The number of hydrogen-bond donors (Lipinski definition) is 2. The molecule has 0 unspecified atom stereocenters. The van der Waals surface area contributed by atoms with Gasteiger partial charge in [0.15, 0.2) is 0 Å². The average Bonchev–Trinajstić information content (AvgIpc) is 2.26. The maximum absolute atomic E-state index is 11.9. The smallest absolute Gasteiger partial charge is 0.321 e. The first-order chi connectivity index (χ1) is 8.35. The number of hydrogen-bond acceptors (Lipinski definition) is 5. The highest BCUT2D eigenvalue weighted by atomic mass is 32.2. The van der Waals surface area contributed by atoms with Gasteiger partial charge in [-0.2, -0.15) is 4.72 Å². The monoisotopic (exact) mass is 272 g/mol. The molecule has 6 nitrogen and oxygen atoms in total. The molecular formula is C11H16N2O4S. The third-order valence-corrected chi connectivity index (χ3v) is 3.48. The van der Waals surface area contributed by atoms with Crippen LogP contribution in [0.3, 0.4) is 0 Å². The Bertz CT molecular complexity index is 520. The second-order valence-corrected chi connectivity index (χ2v) is 5.48. The molecule has 0 atom stereocenters. The average molecular weight is 272 g/mol. The number of benzene rings is 1. The van der Waals surface area contributed by atoms with Gasteiger partial charge in [-0.25, -0.2) is 8.42 Å². The van der Waals surface area contributed by atoms with E-state index in [-0.39, 0.29) is 11.5 Å². The predicted molar refractivity (Wildman–Crippen MR) is 67.4 cm³/mol. The lowest BCUT2D eigenvalue weighted by Crippen LogP contribution is -2.30. The summed E-state index contributed by atoms with van der Waals surface area (Å²) in [6.07, 6.45) is 0.